The van der Waals surface area contributed by atoms with Gasteiger partial charge in [-0.05, 0) is 19.3 Å². The number of likely N-dealkylation sites (N-methyl/N-ethyl adjacent to an activating group) is 1. The lowest BCUT2D eigenvalue weighted by atomic mass is 10.1. The van der Waals surface area contributed by atoms with Crippen LogP contribution in [0.1, 0.15) is 71.1 Å². The summed E-state index contributed by atoms with van der Waals surface area (Å²) in [7, 11) is 5.86. The molecule has 0 rings (SSSR count). The van der Waals surface area contributed by atoms with E-state index in [1.54, 1.807) is 0 Å². The van der Waals surface area contributed by atoms with Crippen LogP contribution in [-0.2, 0) is 14.3 Å². The van der Waals surface area contributed by atoms with E-state index in [-0.39, 0.29) is 12.4 Å². The molecule has 1 N–H and O–H groups in total. The van der Waals surface area contributed by atoms with Gasteiger partial charge in [-0.25, -0.2) is 0 Å². The Kier molecular flexibility index (Phi) is 13.1. The van der Waals surface area contributed by atoms with E-state index in [1.807, 2.05) is 27.2 Å². The fourth-order valence-corrected chi connectivity index (χ4v) is 2.67. The average molecular weight is 357 g/mol. The number of carboxylic acids is 1. The number of aliphatic carboxylic acids is 1. The van der Waals surface area contributed by atoms with Gasteiger partial charge < -0.3 is 14.3 Å². The molecule has 0 saturated carbocycles. The molecule has 0 fully saturated rings. The van der Waals surface area contributed by atoms with Crippen LogP contribution in [0, 0.1) is 0 Å². The van der Waals surface area contributed by atoms with E-state index in [0.717, 1.165) is 6.42 Å². The second kappa shape index (κ2) is 13.9. The standard InChI is InChI=1S/C20H37NO4/c1-5-6-7-8-9-10-11-12-13-14-15-20(24)25-18(16-19(22)23)17-21(2,3)4/h12-13,18H,5-11,14-17H2,1-4H3/p+1/b13-12+. The van der Waals surface area contributed by atoms with Crippen molar-refractivity contribution < 1.29 is 23.9 Å². The molecule has 0 heterocycles. The summed E-state index contributed by atoms with van der Waals surface area (Å²) in [5, 5.41) is 8.95. The number of rotatable bonds is 15. The highest BCUT2D eigenvalue weighted by Crippen LogP contribution is 2.09. The molecule has 1 atom stereocenters. The molecule has 5 heteroatoms. The van der Waals surface area contributed by atoms with Gasteiger partial charge in [-0.1, -0.05) is 51.2 Å². The van der Waals surface area contributed by atoms with Crippen LogP contribution in [0.4, 0.5) is 0 Å². The number of esters is 1. The maximum absolute atomic E-state index is 11.9. The van der Waals surface area contributed by atoms with Crippen LogP contribution in [0.15, 0.2) is 12.2 Å². The first kappa shape index (κ1) is 23.6. The predicted molar refractivity (Wildman–Crippen MR) is 101 cm³/mol. The molecule has 0 aromatic carbocycles. The summed E-state index contributed by atoms with van der Waals surface area (Å²) in [6.07, 6.45) is 13.2. The smallest absolute Gasteiger partial charge is 0.307 e. The molecule has 1 unspecified atom stereocenters. The van der Waals surface area contributed by atoms with Crippen molar-refractivity contribution in [2.24, 2.45) is 0 Å². The van der Waals surface area contributed by atoms with Gasteiger partial charge in [0.15, 0.2) is 6.10 Å². The molecule has 0 amide bonds. The SMILES string of the molecule is CCCCCCCC/C=C/CCC(=O)OC(CC(=O)O)C[N+](C)(C)C. The average Bonchev–Trinajstić information content (AvgIpc) is 2.46. The number of carboxylic acid groups (broad SMARTS) is 1. The van der Waals surface area contributed by atoms with Crippen molar-refractivity contribution >= 4 is 11.9 Å². The Morgan fingerprint density at radius 1 is 1.00 bits per heavy atom. The van der Waals surface area contributed by atoms with Gasteiger partial charge in [-0.15, -0.1) is 0 Å². The van der Waals surface area contributed by atoms with Crippen molar-refractivity contribution in [3.05, 3.63) is 12.2 Å². The second-order valence-corrected chi connectivity index (χ2v) is 7.75. The molecule has 0 radical (unpaired) electrons. The van der Waals surface area contributed by atoms with Crippen LogP contribution in [0.2, 0.25) is 0 Å². The number of carbonyl (C=O) groups is 2. The van der Waals surface area contributed by atoms with E-state index in [2.05, 4.69) is 13.0 Å². The lowest BCUT2D eigenvalue weighted by Gasteiger charge is -2.28. The normalized spacial score (nSPS) is 13.1. The summed E-state index contributed by atoms with van der Waals surface area (Å²) < 4.78 is 5.91. The summed E-state index contributed by atoms with van der Waals surface area (Å²) >= 11 is 0. The van der Waals surface area contributed by atoms with Gasteiger partial charge in [-0.2, -0.15) is 0 Å². The number of allylic oxidation sites excluding steroid dienone is 2. The van der Waals surface area contributed by atoms with Crippen LogP contribution >= 0.6 is 0 Å². The highest BCUT2D eigenvalue weighted by Gasteiger charge is 2.24. The summed E-state index contributed by atoms with van der Waals surface area (Å²) in [4.78, 5) is 22.8. The van der Waals surface area contributed by atoms with Crippen LogP contribution in [-0.4, -0.2) is 55.3 Å². The van der Waals surface area contributed by atoms with Crippen LogP contribution < -0.4 is 0 Å². The first-order chi connectivity index (χ1) is 11.7. The predicted octanol–water partition coefficient (Wildman–Crippen LogP) is 4.17. The van der Waals surface area contributed by atoms with Crippen molar-refractivity contribution in [3.63, 3.8) is 0 Å². The largest absolute Gasteiger partial charge is 0.481 e. The van der Waals surface area contributed by atoms with E-state index >= 15 is 0 Å². The highest BCUT2D eigenvalue weighted by atomic mass is 16.5. The quantitative estimate of drug-likeness (QED) is 0.207. The number of carbonyl (C=O) groups excluding carboxylic acids is 1. The van der Waals surface area contributed by atoms with E-state index in [0.29, 0.717) is 23.9 Å². The summed E-state index contributed by atoms with van der Waals surface area (Å²) in [6, 6.07) is 0. The van der Waals surface area contributed by atoms with Crippen molar-refractivity contribution in [3.8, 4) is 0 Å². The summed E-state index contributed by atoms with van der Waals surface area (Å²) in [5.41, 5.74) is 0. The monoisotopic (exact) mass is 356 g/mol. The van der Waals surface area contributed by atoms with Gasteiger partial charge in [0.05, 0.1) is 27.6 Å². The molecule has 25 heavy (non-hydrogen) atoms. The zero-order valence-electron chi connectivity index (χ0n) is 16.6. The fraction of sp³-hybridized carbons (Fsp3) is 0.800. The van der Waals surface area contributed by atoms with Gasteiger partial charge in [0.1, 0.15) is 6.54 Å². The number of hydrogen-bond acceptors (Lipinski definition) is 3. The Bertz CT molecular complexity index is 399. The van der Waals surface area contributed by atoms with Crippen molar-refractivity contribution in [1.29, 1.82) is 0 Å². The lowest BCUT2D eigenvalue weighted by molar-refractivity contribution is -0.873. The third kappa shape index (κ3) is 17.3. The third-order valence-electron chi connectivity index (χ3n) is 3.86. The highest BCUT2D eigenvalue weighted by molar-refractivity contribution is 5.71. The zero-order chi connectivity index (χ0) is 19.1. The van der Waals surface area contributed by atoms with Gasteiger partial charge in [0.2, 0.25) is 0 Å². The first-order valence-electron chi connectivity index (χ1n) is 9.61. The van der Waals surface area contributed by atoms with E-state index in [9.17, 15) is 9.59 Å². The fourth-order valence-electron chi connectivity index (χ4n) is 2.67. The van der Waals surface area contributed by atoms with Gasteiger partial charge in [-0.3, -0.25) is 9.59 Å². The summed E-state index contributed by atoms with van der Waals surface area (Å²) in [5.74, 6) is -1.26. The topological polar surface area (TPSA) is 63.6 Å². The molecule has 0 aromatic rings. The second-order valence-electron chi connectivity index (χ2n) is 7.75. The molecule has 0 saturated heterocycles. The molecule has 0 bridgehead atoms. The number of hydrogen-bond donors (Lipinski definition) is 1. The Hall–Kier alpha value is -1.36. The minimum absolute atomic E-state index is 0.144. The molecule has 146 valence electrons. The molecular formula is C20H38NO4+. The van der Waals surface area contributed by atoms with Crippen LogP contribution in [0.3, 0.4) is 0 Å². The Morgan fingerprint density at radius 3 is 2.20 bits per heavy atom. The van der Waals surface area contributed by atoms with Gasteiger partial charge >= 0.3 is 11.9 Å². The minimum Gasteiger partial charge on any atom is -0.481 e. The Labute approximate surface area is 153 Å². The maximum Gasteiger partial charge on any atom is 0.307 e. The Morgan fingerprint density at radius 2 is 1.60 bits per heavy atom. The number of quaternary nitrogens is 1. The van der Waals surface area contributed by atoms with Crippen molar-refractivity contribution in [1.82, 2.24) is 0 Å². The molecule has 0 aliphatic heterocycles. The third-order valence-corrected chi connectivity index (χ3v) is 3.86. The molecule has 5 nitrogen and oxygen atoms in total. The minimum atomic E-state index is -0.940. The first-order valence-corrected chi connectivity index (χ1v) is 9.61. The number of unbranched alkanes of at least 4 members (excludes halogenated alkanes) is 6. The summed E-state index contributed by atoms with van der Waals surface area (Å²) in [6.45, 7) is 2.71. The van der Waals surface area contributed by atoms with Crippen LogP contribution in [0.5, 0.6) is 0 Å². The van der Waals surface area contributed by atoms with E-state index < -0.39 is 12.1 Å². The molecule has 0 aliphatic rings. The van der Waals surface area contributed by atoms with E-state index in [1.165, 1.54) is 38.5 Å². The number of ether oxygens (including phenoxy) is 1. The number of nitrogens with zero attached hydrogens (tertiary/aromatic N) is 1. The zero-order valence-corrected chi connectivity index (χ0v) is 16.6. The van der Waals surface area contributed by atoms with Crippen molar-refractivity contribution in [2.45, 2.75) is 77.2 Å². The molecule has 0 aliphatic carbocycles. The molecule has 0 spiro atoms. The lowest BCUT2D eigenvalue weighted by Crippen LogP contribution is -2.43. The van der Waals surface area contributed by atoms with Gasteiger partial charge in [0, 0.05) is 6.42 Å². The van der Waals surface area contributed by atoms with E-state index in [4.69, 9.17) is 9.84 Å². The molecular weight excluding hydrogens is 318 g/mol. The Balaban J connectivity index is 3.91. The maximum atomic E-state index is 11.9. The van der Waals surface area contributed by atoms with Crippen molar-refractivity contribution in [2.75, 3.05) is 27.7 Å². The molecule has 0 aromatic heterocycles. The van der Waals surface area contributed by atoms with Gasteiger partial charge in [0.25, 0.3) is 0 Å². The van der Waals surface area contributed by atoms with Crippen LogP contribution in [0.25, 0.3) is 0 Å².